The molecule has 2 heteroatoms. The van der Waals surface area contributed by atoms with Gasteiger partial charge < -0.3 is 5.32 Å². The van der Waals surface area contributed by atoms with Crippen molar-refractivity contribution < 1.29 is 0 Å². The molecule has 0 amide bonds. The maximum atomic E-state index is 3.78. The van der Waals surface area contributed by atoms with E-state index in [-0.39, 0.29) is 0 Å². The van der Waals surface area contributed by atoms with E-state index in [4.69, 9.17) is 0 Å². The van der Waals surface area contributed by atoms with Gasteiger partial charge in [-0.1, -0.05) is 33.1 Å². The lowest BCUT2D eigenvalue weighted by Gasteiger charge is -2.48. The summed E-state index contributed by atoms with van der Waals surface area (Å²) in [6.45, 7) is 8.64. The predicted molar refractivity (Wildman–Crippen MR) is 85.9 cm³/mol. The van der Waals surface area contributed by atoms with Crippen LogP contribution in [0.25, 0.3) is 0 Å². The lowest BCUT2D eigenvalue weighted by atomic mass is 9.73. The van der Waals surface area contributed by atoms with Crippen LogP contribution in [0.3, 0.4) is 0 Å². The Labute approximate surface area is 125 Å². The number of hydrogen-bond donors (Lipinski definition) is 1. The minimum Gasteiger partial charge on any atom is -0.313 e. The topological polar surface area (TPSA) is 15.3 Å². The van der Waals surface area contributed by atoms with E-state index < -0.39 is 0 Å². The zero-order chi connectivity index (χ0) is 13.9. The van der Waals surface area contributed by atoms with Crippen LogP contribution in [0.15, 0.2) is 0 Å². The molecule has 1 N–H and O–H groups in total. The highest BCUT2D eigenvalue weighted by Crippen LogP contribution is 2.38. The highest BCUT2D eigenvalue weighted by Gasteiger charge is 2.38. The molecule has 0 aromatic carbocycles. The first-order chi connectivity index (χ1) is 9.78. The molecule has 5 atom stereocenters. The second-order valence-corrected chi connectivity index (χ2v) is 7.74. The molecule has 0 aromatic rings. The number of fused-ring (bicyclic) bond motifs is 1. The molecule has 5 unspecified atom stereocenters. The average Bonchev–Trinajstić information content (AvgIpc) is 2.49. The highest BCUT2D eigenvalue weighted by atomic mass is 15.2. The van der Waals surface area contributed by atoms with E-state index in [1.807, 2.05) is 0 Å². The van der Waals surface area contributed by atoms with Crippen molar-refractivity contribution >= 4 is 0 Å². The molecule has 0 aromatic heterocycles. The first kappa shape index (κ1) is 14.8. The summed E-state index contributed by atoms with van der Waals surface area (Å²) < 4.78 is 0. The number of likely N-dealkylation sites (tertiary alicyclic amines) is 1. The van der Waals surface area contributed by atoms with Crippen LogP contribution < -0.4 is 5.32 Å². The fourth-order valence-electron chi connectivity index (χ4n) is 5.18. The molecule has 2 nitrogen and oxygen atoms in total. The molecular formula is C18H34N2. The van der Waals surface area contributed by atoms with Crippen molar-refractivity contribution in [2.45, 2.75) is 77.3 Å². The average molecular weight is 278 g/mol. The van der Waals surface area contributed by atoms with Gasteiger partial charge in [-0.05, 0) is 62.9 Å². The Kier molecular flexibility index (Phi) is 5.04. The van der Waals surface area contributed by atoms with Crippen LogP contribution in [0.2, 0.25) is 0 Å². The third-order valence-corrected chi connectivity index (χ3v) is 6.34. The summed E-state index contributed by atoms with van der Waals surface area (Å²) >= 11 is 0. The quantitative estimate of drug-likeness (QED) is 0.847. The molecule has 116 valence electrons. The van der Waals surface area contributed by atoms with Gasteiger partial charge in [-0.15, -0.1) is 0 Å². The molecule has 0 bridgehead atoms. The van der Waals surface area contributed by atoms with Gasteiger partial charge in [-0.2, -0.15) is 0 Å². The number of likely N-dealkylation sites (N-methyl/N-ethyl adjacent to an activating group) is 1. The van der Waals surface area contributed by atoms with Crippen molar-refractivity contribution in [2.75, 3.05) is 19.6 Å². The third kappa shape index (κ3) is 3.22. The zero-order valence-corrected chi connectivity index (χ0v) is 13.6. The number of rotatable bonds is 3. The summed E-state index contributed by atoms with van der Waals surface area (Å²) in [5, 5.41) is 3.78. The summed E-state index contributed by atoms with van der Waals surface area (Å²) in [5.41, 5.74) is 0. The van der Waals surface area contributed by atoms with Crippen molar-refractivity contribution in [1.82, 2.24) is 10.2 Å². The van der Waals surface area contributed by atoms with Crippen molar-refractivity contribution in [2.24, 2.45) is 17.8 Å². The molecule has 0 radical (unpaired) electrons. The Morgan fingerprint density at radius 2 is 1.80 bits per heavy atom. The van der Waals surface area contributed by atoms with E-state index in [1.165, 1.54) is 64.5 Å². The molecule has 20 heavy (non-hydrogen) atoms. The maximum Gasteiger partial charge on any atom is 0.0251 e. The summed E-state index contributed by atoms with van der Waals surface area (Å²) in [6, 6.07) is 1.58. The van der Waals surface area contributed by atoms with Gasteiger partial charge in [0.05, 0.1) is 0 Å². The fourth-order valence-corrected chi connectivity index (χ4v) is 5.18. The molecule has 3 fully saturated rings. The van der Waals surface area contributed by atoms with Gasteiger partial charge >= 0.3 is 0 Å². The van der Waals surface area contributed by atoms with Crippen LogP contribution in [-0.2, 0) is 0 Å². The van der Waals surface area contributed by atoms with Crippen LogP contribution in [0.5, 0.6) is 0 Å². The van der Waals surface area contributed by atoms with Gasteiger partial charge in [-0.3, -0.25) is 4.90 Å². The Morgan fingerprint density at radius 1 is 1.00 bits per heavy atom. The van der Waals surface area contributed by atoms with Crippen molar-refractivity contribution in [1.29, 1.82) is 0 Å². The minimum atomic E-state index is 0.761. The Bertz CT molecular complexity index is 304. The van der Waals surface area contributed by atoms with Crippen LogP contribution in [0.4, 0.5) is 0 Å². The number of nitrogens with zero attached hydrogens (tertiary/aromatic N) is 1. The van der Waals surface area contributed by atoms with E-state index in [1.54, 1.807) is 0 Å². The van der Waals surface area contributed by atoms with Gasteiger partial charge in [0.2, 0.25) is 0 Å². The monoisotopic (exact) mass is 278 g/mol. The van der Waals surface area contributed by atoms with Crippen molar-refractivity contribution in [3.05, 3.63) is 0 Å². The summed E-state index contributed by atoms with van der Waals surface area (Å²) in [6.07, 6.45) is 11.8. The van der Waals surface area contributed by atoms with E-state index in [9.17, 15) is 0 Å². The van der Waals surface area contributed by atoms with E-state index in [2.05, 4.69) is 24.1 Å². The standard InChI is InChI=1S/C18H34N2/c1-3-19-17-9-8-14(2)12-18(17)20-11-10-15-6-4-5-7-16(15)13-20/h14-19H,3-13H2,1-2H3. The van der Waals surface area contributed by atoms with Gasteiger partial charge in [-0.25, -0.2) is 0 Å². The molecule has 1 saturated heterocycles. The lowest BCUT2D eigenvalue weighted by Crippen LogP contribution is -2.56. The molecule has 2 aliphatic carbocycles. The van der Waals surface area contributed by atoms with Gasteiger partial charge in [0.25, 0.3) is 0 Å². The molecule has 3 aliphatic rings. The number of nitrogens with one attached hydrogen (secondary N) is 1. The molecule has 0 spiro atoms. The SMILES string of the molecule is CCNC1CCC(C)CC1N1CCC2CCCCC2C1. The first-order valence-electron chi connectivity index (χ1n) is 9.25. The molecule has 3 rings (SSSR count). The second kappa shape index (κ2) is 6.79. The second-order valence-electron chi connectivity index (χ2n) is 7.74. The van der Waals surface area contributed by atoms with Gasteiger partial charge in [0.1, 0.15) is 0 Å². The smallest absolute Gasteiger partial charge is 0.0251 e. The van der Waals surface area contributed by atoms with E-state index >= 15 is 0 Å². The van der Waals surface area contributed by atoms with E-state index in [0.29, 0.717) is 0 Å². The molecule has 1 aliphatic heterocycles. The summed E-state index contributed by atoms with van der Waals surface area (Å²) in [7, 11) is 0. The first-order valence-corrected chi connectivity index (χ1v) is 9.25. The van der Waals surface area contributed by atoms with Gasteiger partial charge in [0.15, 0.2) is 0 Å². The van der Waals surface area contributed by atoms with Crippen molar-refractivity contribution in [3.63, 3.8) is 0 Å². The minimum absolute atomic E-state index is 0.761. The Morgan fingerprint density at radius 3 is 2.60 bits per heavy atom. The fraction of sp³-hybridized carbons (Fsp3) is 1.00. The van der Waals surface area contributed by atoms with E-state index in [0.717, 1.165) is 36.4 Å². The predicted octanol–water partition coefficient (Wildman–Crippen LogP) is 3.67. The zero-order valence-electron chi connectivity index (χ0n) is 13.6. The number of piperidine rings is 1. The normalized spacial score (nSPS) is 43.2. The Hall–Kier alpha value is -0.0800. The highest BCUT2D eigenvalue weighted by molar-refractivity contribution is 4.94. The number of hydrogen-bond acceptors (Lipinski definition) is 2. The van der Waals surface area contributed by atoms with Crippen molar-refractivity contribution in [3.8, 4) is 0 Å². The van der Waals surface area contributed by atoms with Crippen LogP contribution in [0, 0.1) is 17.8 Å². The third-order valence-electron chi connectivity index (χ3n) is 6.34. The van der Waals surface area contributed by atoms with Crippen LogP contribution in [-0.4, -0.2) is 36.6 Å². The molecule has 1 heterocycles. The van der Waals surface area contributed by atoms with Gasteiger partial charge in [0, 0.05) is 18.6 Å². The maximum absolute atomic E-state index is 3.78. The Balaban J connectivity index is 1.63. The van der Waals surface area contributed by atoms with Crippen LogP contribution in [0.1, 0.15) is 65.2 Å². The summed E-state index contributed by atoms with van der Waals surface area (Å²) in [4.78, 5) is 2.88. The summed E-state index contributed by atoms with van der Waals surface area (Å²) in [5.74, 6) is 3.02. The molecule has 2 saturated carbocycles. The largest absolute Gasteiger partial charge is 0.313 e. The van der Waals surface area contributed by atoms with Crippen LogP contribution >= 0.6 is 0 Å². The molecular weight excluding hydrogens is 244 g/mol. The lowest BCUT2D eigenvalue weighted by molar-refractivity contribution is 0.0227.